The molecule has 4 atom stereocenters. The lowest BCUT2D eigenvalue weighted by atomic mass is 10.2. The lowest BCUT2D eigenvalue weighted by Crippen LogP contribution is -2.54. The van der Waals surface area contributed by atoms with E-state index in [0.717, 1.165) is 0 Å². The van der Waals surface area contributed by atoms with Gasteiger partial charge >= 0.3 is 0 Å². The molecule has 4 N–H and O–H groups in total. The lowest BCUT2D eigenvalue weighted by molar-refractivity contribution is -0.115. The van der Waals surface area contributed by atoms with E-state index in [4.69, 9.17) is 10.2 Å². The second kappa shape index (κ2) is 6.61. The normalized spacial score (nSPS) is 19.4. The molecule has 2 unspecified atom stereocenters. The van der Waals surface area contributed by atoms with Crippen molar-refractivity contribution >= 4 is 12.6 Å². The van der Waals surface area contributed by atoms with Crippen LogP contribution in [0.3, 0.4) is 0 Å². The Morgan fingerprint density at radius 2 is 1.21 bits per heavy atom. The van der Waals surface area contributed by atoms with Crippen molar-refractivity contribution < 1.29 is 19.8 Å². The standard InChI is InChI=1S/C8H16N2O4/c1-5(13)7(3-11)9-10-8(4-12)6(2)14/h3-10,13-14H,1-2H3/t5-,6?,7-,8?/m1/s1. The molecule has 0 fully saturated rings. The molecule has 0 aromatic rings. The first-order valence-corrected chi connectivity index (χ1v) is 4.30. The van der Waals surface area contributed by atoms with Gasteiger partial charge in [0.25, 0.3) is 0 Å². The van der Waals surface area contributed by atoms with E-state index in [2.05, 4.69) is 10.9 Å². The molecule has 0 aromatic carbocycles. The van der Waals surface area contributed by atoms with Gasteiger partial charge in [-0.05, 0) is 13.8 Å². The number of hydrogen-bond acceptors (Lipinski definition) is 6. The molecule has 0 radical (unpaired) electrons. The zero-order chi connectivity index (χ0) is 11.1. The largest absolute Gasteiger partial charge is 0.391 e. The zero-order valence-corrected chi connectivity index (χ0v) is 8.18. The molecule has 0 saturated heterocycles. The van der Waals surface area contributed by atoms with Crippen molar-refractivity contribution in [3.05, 3.63) is 0 Å². The van der Waals surface area contributed by atoms with Crippen LogP contribution in [0, 0.1) is 0 Å². The van der Waals surface area contributed by atoms with Gasteiger partial charge in [0.1, 0.15) is 24.7 Å². The highest BCUT2D eigenvalue weighted by atomic mass is 16.3. The highest BCUT2D eigenvalue weighted by Crippen LogP contribution is 1.90. The van der Waals surface area contributed by atoms with Crippen LogP contribution in [0.5, 0.6) is 0 Å². The number of nitrogens with one attached hydrogen (secondary N) is 2. The number of aldehydes is 2. The number of carbonyl (C=O) groups excluding carboxylic acids is 2. The average molecular weight is 204 g/mol. The third-order valence-electron chi connectivity index (χ3n) is 1.75. The second-order valence-electron chi connectivity index (χ2n) is 3.09. The van der Waals surface area contributed by atoms with Gasteiger partial charge in [0.15, 0.2) is 0 Å². The van der Waals surface area contributed by atoms with Crippen LogP contribution < -0.4 is 10.9 Å². The Labute approximate surface area is 82.3 Å². The topological polar surface area (TPSA) is 98.7 Å². The fraction of sp³-hybridized carbons (Fsp3) is 0.750. The highest BCUT2D eigenvalue weighted by molar-refractivity contribution is 5.60. The Hall–Kier alpha value is -0.820. The summed E-state index contributed by atoms with van der Waals surface area (Å²) in [6, 6.07) is -1.62. The Bertz CT molecular complexity index is 164. The van der Waals surface area contributed by atoms with Crippen LogP contribution in [0.15, 0.2) is 0 Å². The number of rotatable bonds is 7. The number of aliphatic hydroxyl groups excluding tert-OH is 2. The summed E-state index contributed by atoms with van der Waals surface area (Å²) in [5.74, 6) is 0. The molecule has 0 rings (SSSR count). The molecule has 0 aliphatic carbocycles. The van der Waals surface area contributed by atoms with Gasteiger partial charge in [0.2, 0.25) is 0 Å². The van der Waals surface area contributed by atoms with Crippen LogP contribution in [0.4, 0.5) is 0 Å². The van der Waals surface area contributed by atoms with Crippen molar-refractivity contribution in [1.82, 2.24) is 10.9 Å². The predicted molar refractivity (Wildman–Crippen MR) is 49.3 cm³/mol. The van der Waals surface area contributed by atoms with Crippen LogP contribution in [0.25, 0.3) is 0 Å². The van der Waals surface area contributed by atoms with Gasteiger partial charge in [-0.2, -0.15) is 0 Å². The van der Waals surface area contributed by atoms with Gasteiger partial charge in [-0.15, -0.1) is 0 Å². The second-order valence-corrected chi connectivity index (χ2v) is 3.09. The maximum absolute atomic E-state index is 10.4. The number of hydrazine groups is 1. The van der Waals surface area contributed by atoms with E-state index in [1.165, 1.54) is 13.8 Å². The number of hydrogen-bond donors (Lipinski definition) is 4. The van der Waals surface area contributed by atoms with Crippen LogP contribution in [0.2, 0.25) is 0 Å². The summed E-state index contributed by atoms with van der Waals surface area (Å²) in [7, 11) is 0. The van der Waals surface area contributed by atoms with Crippen LogP contribution in [-0.2, 0) is 9.59 Å². The summed E-state index contributed by atoms with van der Waals surface area (Å²) in [6.07, 6.45) is -0.717. The highest BCUT2D eigenvalue weighted by Gasteiger charge is 2.17. The van der Waals surface area contributed by atoms with Gasteiger partial charge in [-0.25, -0.2) is 10.9 Å². The molecule has 82 valence electrons. The van der Waals surface area contributed by atoms with Crippen molar-refractivity contribution in [2.24, 2.45) is 0 Å². The van der Waals surface area contributed by atoms with E-state index in [-0.39, 0.29) is 0 Å². The molecular weight excluding hydrogens is 188 g/mol. The van der Waals surface area contributed by atoms with Gasteiger partial charge in [0, 0.05) is 0 Å². The molecule has 0 aliphatic rings. The first-order valence-electron chi connectivity index (χ1n) is 4.30. The molecule has 0 saturated carbocycles. The minimum atomic E-state index is -0.874. The Morgan fingerprint density at radius 3 is 1.36 bits per heavy atom. The van der Waals surface area contributed by atoms with Crippen LogP contribution in [0.1, 0.15) is 13.8 Å². The molecule has 0 amide bonds. The van der Waals surface area contributed by atoms with Crippen molar-refractivity contribution in [2.45, 2.75) is 38.1 Å². The summed E-state index contributed by atoms with van der Waals surface area (Å²) in [4.78, 5) is 20.8. The first kappa shape index (κ1) is 13.2. The lowest BCUT2D eigenvalue weighted by Gasteiger charge is -2.20. The molecule has 6 nitrogen and oxygen atoms in total. The van der Waals surface area contributed by atoms with Gasteiger partial charge in [-0.1, -0.05) is 0 Å². The van der Waals surface area contributed by atoms with Crippen LogP contribution in [-0.4, -0.2) is 47.1 Å². The zero-order valence-electron chi connectivity index (χ0n) is 8.18. The predicted octanol–water partition coefficient (Wildman–Crippen LogP) is -2.02. The Morgan fingerprint density at radius 1 is 0.929 bits per heavy atom. The van der Waals surface area contributed by atoms with E-state index in [9.17, 15) is 9.59 Å². The molecule has 0 spiro atoms. The minimum absolute atomic E-state index is 0.515. The van der Waals surface area contributed by atoms with Crippen molar-refractivity contribution in [1.29, 1.82) is 0 Å². The quantitative estimate of drug-likeness (QED) is 0.282. The van der Waals surface area contributed by atoms with Crippen molar-refractivity contribution in [3.8, 4) is 0 Å². The number of carbonyl (C=O) groups is 2. The summed E-state index contributed by atoms with van der Waals surface area (Å²) >= 11 is 0. The summed E-state index contributed by atoms with van der Waals surface area (Å²) < 4.78 is 0. The van der Waals surface area contributed by atoms with Gasteiger partial charge in [-0.3, -0.25) is 0 Å². The first-order chi connectivity index (χ1) is 6.52. The van der Waals surface area contributed by atoms with E-state index < -0.39 is 24.3 Å². The Kier molecular flexibility index (Phi) is 6.22. The molecular formula is C8H16N2O4. The van der Waals surface area contributed by atoms with E-state index in [1.807, 2.05) is 0 Å². The smallest absolute Gasteiger partial charge is 0.140 e. The summed E-state index contributed by atoms with van der Waals surface area (Å²) in [5.41, 5.74) is 4.88. The average Bonchev–Trinajstić information content (AvgIpc) is 2.11. The third kappa shape index (κ3) is 4.43. The van der Waals surface area contributed by atoms with Crippen LogP contribution >= 0.6 is 0 Å². The third-order valence-corrected chi connectivity index (χ3v) is 1.75. The minimum Gasteiger partial charge on any atom is -0.391 e. The molecule has 14 heavy (non-hydrogen) atoms. The number of aliphatic hydroxyl groups is 2. The van der Waals surface area contributed by atoms with Crippen molar-refractivity contribution in [2.75, 3.05) is 0 Å². The molecule has 0 aromatic heterocycles. The molecule has 0 aliphatic heterocycles. The van der Waals surface area contributed by atoms with E-state index in [1.54, 1.807) is 0 Å². The fourth-order valence-electron chi connectivity index (χ4n) is 0.729. The molecule has 6 heteroatoms. The molecule has 0 bridgehead atoms. The molecule has 0 heterocycles. The summed E-state index contributed by atoms with van der Waals surface area (Å²) in [6.45, 7) is 2.87. The van der Waals surface area contributed by atoms with Crippen molar-refractivity contribution in [3.63, 3.8) is 0 Å². The SMILES string of the molecule is CC(O)C(C=O)NN[C@H](C=O)[C@@H](C)O. The fourth-order valence-corrected chi connectivity index (χ4v) is 0.729. The van der Waals surface area contributed by atoms with E-state index >= 15 is 0 Å². The van der Waals surface area contributed by atoms with E-state index in [0.29, 0.717) is 12.6 Å². The maximum Gasteiger partial charge on any atom is 0.140 e. The van der Waals surface area contributed by atoms with Gasteiger partial charge < -0.3 is 19.8 Å². The Balaban J connectivity index is 4.00. The summed E-state index contributed by atoms with van der Waals surface area (Å²) in [5, 5.41) is 18.1. The maximum atomic E-state index is 10.4. The monoisotopic (exact) mass is 204 g/mol. The van der Waals surface area contributed by atoms with Gasteiger partial charge in [0.05, 0.1) is 12.2 Å².